The van der Waals surface area contributed by atoms with Crippen LogP contribution in [0.15, 0.2) is 84.9 Å². The van der Waals surface area contributed by atoms with Crippen molar-refractivity contribution in [1.29, 1.82) is 0 Å². The Morgan fingerprint density at radius 3 is 1.69 bits per heavy atom. The first kappa shape index (κ1) is 13.4. The summed E-state index contributed by atoms with van der Waals surface area (Å²) in [5.74, 6) is 1.19. The van der Waals surface area contributed by atoms with Gasteiger partial charge in [0, 0.05) is 5.41 Å². The minimum atomic E-state index is 0.135. The van der Waals surface area contributed by atoms with Crippen molar-refractivity contribution in [2.75, 3.05) is 0 Å². The zero-order chi connectivity index (χ0) is 16.9. The van der Waals surface area contributed by atoms with Crippen molar-refractivity contribution in [3.05, 3.63) is 107 Å². The van der Waals surface area contributed by atoms with Crippen LogP contribution in [0.25, 0.3) is 21.9 Å². The molecule has 4 aromatic carbocycles. The van der Waals surface area contributed by atoms with E-state index >= 15 is 0 Å². The predicted molar refractivity (Wildman–Crippen MR) is 107 cm³/mol. The van der Waals surface area contributed by atoms with Crippen LogP contribution in [-0.2, 0) is 5.41 Å². The monoisotopic (exact) mass is 330 g/mol. The zero-order valence-electron chi connectivity index (χ0n) is 14.4. The first-order chi connectivity index (χ1) is 12.9. The lowest BCUT2D eigenvalue weighted by Gasteiger charge is -2.59. The summed E-state index contributed by atoms with van der Waals surface area (Å²) in [5, 5.41) is 2.94. The molecule has 7 rings (SSSR count). The highest BCUT2D eigenvalue weighted by Gasteiger charge is 2.63. The molecule has 0 aromatic heterocycles. The molecule has 2 bridgehead atoms. The minimum absolute atomic E-state index is 0.135. The molecule has 0 heteroatoms. The maximum Gasteiger partial charge on any atom is 0.0352 e. The van der Waals surface area contributed by atoms with Crippen molar-refractivity contribution in [2.24, 2.45) is 0 Å². The van der Waals surface area contributed by atoms with Gasteiger partial charge in [-0.25, -0.2) is 0 Å². The molecule has 3 aliphatic rings. The Balaban J connectivity index is 1.64. The van der Waals surface area contributed by atoms with Crippen LogP contribution >= 0.6 is 0 Å². The van der Waals surface area contributed by atoms with E-state index in [4.69, 9.17) is 0 Å². The highest BCUT2D eigenvalue weighted by molar-refractivity contribution is 5.95. The molecule has 0 heterocycles. The fourth-order valence-corrected chi connectivity index (χ4v) is 6.47. The minimum Gasteiger partial charge on any atom is -0.0619 e. The van der Waals surface area contributed by atoms with Crippen molar-refractivity contribution < 1.29 is 0 Å². The maximum absolute atomic E-state index is 2.39. The molecule has 0 aliphatic heterocycles. The summed E-state index contributed by atoms with van der Waals surface area (Å²) in [6, 6.07) is 32.1. The lowest BCUT2D eigenvalue weighted by Crippen LogP contribution is -2.51. The van der Waals surface area contributed by atoms with Gasteiger partial charge in [-0.1, -0.05) is 84.9 Å². The molecule has 1 saturated carbocycles. The molecule has 1 fully saturated rings. The van der Waals surface area contributed by atoms with Crippen molar-refractivity contribution in [2.45, 2.75) is 23.7 Å². The molecule has 2 unspecified atom stereocenters. The lowest BCUT2D eigenvalue weighted by atomic mass is 9.42. The van der Waals surface area contributed by atoms with Gasteiger partial charge in [-0.3, -0.25) is 0 Å². The summed E-state index contributed by atoms with van der Waals surface area (Å²) < 4.78 is 0. The highest BCUT2D eigenvalue weighted by atomic mass is 14.7. The van der Waals surface area contributed by atoms with E-state index in [9.17, 15) is 0 Å². The van der Waals surface area contributed by atoms with E-state index in [1.807, 2.05) is 0 Å². The second-order valence-electron chi connectivity index (χ2n) is 8.09. The highest BCUT2D eigenvalue weighted by Crippen LogP contribution is 2.74. The Bertz CT molecular complexity index is 1140. The third kappa shape index (κ3) is 1.24. The number of hydrogen-bond acceptors (Lipinski definition) is 0. The van der Waals surface area contributed by atoms with E-state index in [1.165, 1.54) is 28.3 Å². The second kappa shape index (κ2) is 4.27. The summed E-state index contributed by atoms with van der Waals surface area (Å²) >= 11 is 0. The molecule has 0 amide bonds. The molecule has 0 saturated heterocycles. The Morgan fingerprint density at radius 2 is 1.12 bits per heavy atom. The third-order valence-corrected chi connectivity index (χ3v) is 7.33. The van der Waals surface area contributed by atoms with Gasteiger partial charge >= 0.3 is 0 Å². The molecule has 3 aliphatic carbocycles. The average Bonchev–Trinajstić information content (AvgIpc) is 3.01. The van der Waals surface area contributed by atoms with E-state index in [1.54, 1.807) is 22.3 Å². The lowest BCUT2D eigenvalue weighted by molar-refractivity contribution is 0.188. The van der Waals surface area contributed by atoms with Crippen LogP contribution in [-0.4, -0.2) is 0 Å². The molecular formula is C26H18. The third-order valence-electron chi connectivity index (χ3n) is 7.33. The van der Waals surface area contributed by atoms with Crippen LogP contribution in [0.5, 0.6) is 0 Å². The van der Waals surface area contributed by atoms with Gasteiger partial charge in [-0.05, 0) is 62.4 Å². The summed E-state index contributed by atoms with van der Waals surface area (Å²) in [5.41, 5.74) is 9.26. The summed E-state index contributed by atoms with van der Waals surface area (Å²) in [7, 11) is 0. The van der Waals surface area contributed by atoms with E-state index < -0.39 is 0 Å². The predicted octanol–water partition coefficient (Wildman–Crippen LogP) is 6.39. The molecule has 26 heavy (non-hydrogen) atoms. The van der Waals surface area contributed by atoms with Crippen LogP contribution in [0.1, 0.15) is 40.5 Å². The molecular weight excluding hydrogens is 312 g/mol. The Labute approximate surface area is 153 Å². The molecule has 122 valence electrons. The molecule has 0 radical (unpaired) electrons. The van der Waals surface area contributed by atoms with Gasteiger partial charge in [0.25, 0.3) is 0 Å². The number of rotatable bonds is 0. The van der Waals surface area contributed by atoms with Crippen LogP contribution < -0.4 is 0 Å². The molecule has 1 spiro atoms. The molecule has 2 atom stereocenters. The standard InChI is InChI=1S/C26H18/c1-3-13-21-17(9-1)18-10-2-4-14-22(18)26(21)23-15-24(26)20-12-6-8-16-7-5-11-19(23)25(16)20/h1-14,23-24H,15H2. The fraction of sp³-hybridized carbons (Fsp3) is 0.154. The van der Waals surface area contributed by atoms with Gasteiger partial charge in [0.15, 0.2) is 0 Å². The maximum atomic E-state index is 2.39. The van der Waals surface area contributed by atoms with Crippen molar-refractivity contribution >= 4 is 10.8 Å². The fourth-order valence-electron chi connectivity index (χ4n) is 6.47. The number of fused-ring (bicyclic) bond motifs is 5. The zero-order valence-corrected chi connectivity index (χ0v) is 14.4. The molecule has 4 aromatic rings. The molecule has 0 N–H and O–H groups in total. The van der Waals surface area contributed by atoms with Gasteiger partial charge in [-0.2, -0.15) is 0 Å². The smallest absolute Gasteiger partial charge is 0.0352 e. The van der Waals surface area contributed by atoms with Crippen molar-refractivity contribution in [3.63, 3.8) is 0 Å². The second-order valence-corrected chi connectivity index (χ2v) is 8.09. The van der Waals surface area contributed by atoms with Crippen LogP contribution in [0.2, 0.25) is 0 Å². The van der Waals surface area contributed by atoms with Crippen LogP contribution in [0.4, 0.5) is 0 Å². The van der Waals surface area contributed by atoms with Crippen LogP contribution in [0, 0.1) is 0 Å². The first-order valence-corrected chi connectivity index (χ1v) is 9.61. The van der Waals surface area contributed by atoms with E-state index in [0.29, 0.717) is 11.8 Å². The van der Waals surface area contributed by atoms with E-state index in [0.717, 1.165) is 0 Å². The normalized spacial score (nSPS) is 22.8. The van der Waals surface area contributed by atoms with E-state index in [2.05, 4.69) is 84.9 Å². The van der Waals surface area contributed by atoms with Gasteiger partial charge < -0.3 is 0 Å². The van der Waals surface area contributed by atoms with Crippen LogP contribution in [0.3, 0.4) is 0 Å². The number of hydrogen-bond donors (Lipinski definition) is 0. The van der Waals surface area contributed by atoms with Gasteiger partial charge in [0.05, 0.1) is 0 Å². The quantitative estimate of drug-likeness (QED) is 0.350. The largest absolute Gasteiger partial charge is 0.0619 e. The Morgan fingerprint density at radius 1 is 0.577 bits per heavy atom. The SMILES string of the molecule is c1ccc2c(c1)-c1ccccc1C21C2CC1c1cccc3cccc2c13. The van der Waals surface area contributed by atoms with Gasteiger partial charge in [0.1, 0.15) is 0 Å². The first-order valence-electron chi connectivity index (χ1n) is 9.61. The van der Waals surface area contributed by atoms with Crippen molar-refractivity contribution in [3.8, 4) is 11.1 Å². The van der Waals surface area contributed by atoms with E-state index in [-0.39, 0.29) is 5.41 Å². The summed E-state index contributed by atoms with van der Waals surface area (Å²) in [6.07, 6.45) is 1.28. The van der Waals surface area contributed by atoms with Crippen molar-refractivity contribution in [1.82, 2.24) is 0 Å². The van der Waals surface area contributed by atoms with Gasteiger partial charge in [-0.15, -0.1) is 0 Å². The number of benzene rings is 4. The Kier molecular flexibility index (Phi) is 2.19. The summed E-state index contributed by atoms with van der Waals surface area (Å²) in [6.45, 7) is 0. The Hall–Kier alpha value is -2.86. The van der Waals surface area contributed by atoms with Gasteiger partial charge in [0.2, 0.25) is 0 Å². The summed E-state index contributed by atoms with van der Waals surface area (Å²) in [4.78, 5) is 0. The molecule has 0 nitrogen and oxygen atoms in total. The topological polar surface area (TPSA) is 0 Å². The average molecular weight is 330 g/mol.